The lowest BCUT2D eigenvalue weighted by atomic mass is 10.0. The second-order valence-corrected chi connectivity index (χ2v) is 5.09. The summed E-state index contributed by atoms with van der Waals surface area (Å²) in [6.07, 6.45) is 4.38. The van der Waals surface area contributed by atoms with Crippen LogP contribution >= 0.6 is 0 Å². The summed E-state index contributed by atoms with van der Waals surface area (Å²) in [5, 5.41) is 6.03. The molecule has 3 aromatic rings. The molecule has 0 heterocycles. The lowest BCUT2D eigenvalue weighted by Gasteiger charge is -2.03. The second kappa shape index (κ2) is 6.87. The highest BCUT2D eigenvalue weighted by atomic mass is 14.8. The molecule has 0 saturated heterocycles. The summed E-state index contributed by atoms with van der Waals surface area (Å²) in [6.45, 7) is 1.78. The van der Waals surface area contributed by atoms with E-state index in [1.165, 1.54) is 21.9 Å². The van der Waals surface area contributed by atoms with Crippen molar-refractivity contribution < 1.29 is 0 Å². The standard InChI is InChI=1S/C20H19N/c1-2-8-17(9-3-1)16-21-15-7-13-19-12-6-11-18-10-4-5-14-20(18)19/h1-14,21H,15-16H2/b13-7+. The van der Waals surface area contributed by atoms with Gasteiger partial charge in [-0.3, -0.25) is 0 Å². The Morgan fingerprint density at radius 1 is 0.762 bits per heavy atom. The molecule has 0 radical (unpaired) electrons. The molecule has 21 heavy (non-hydrogen) atoms. The van der Waals surface area contributed by atoms with Crippen molar-refractivity contribution in [1.29, 1.82) is 0 Å². The summed E-state index contributed by atoms with van der Waals surface area (Å²) in [6, 6.07) is 25.4. The SMILES string of the molecule is C(=C\c1cccc2ccccc12)/CNCc1ccccc1. The Balaban J connectivity index is 1.61. The molecule has 0 aliphatic rings. The van der Waals surface area contributed by atoms with Crippen LogP contribution in [-0.2, 0) is 6.54 Å². The maximum atomic E-state index is 3.43. The Bertz CT molecular complexity index is 724. The van der Waals surface area contributed by atoms with E-state index in [9.17, 15) is 0 Å². The van der Waals surface area contributed by atoms with Gasteiger partial charge < -0.3 is 5.32 Å². The van der Waals surface area contributed by atoms with Gasteiger partial charge in [0.1, 0.15) is 0 Å². The lowest BCUT2D eigenvalue weighted by molar-refractivity contribution is 0.761. The lowest BCUT2D eigenvalue weighted by Crippen LogP contribution is -2.12. The summed E-state index contributed by atoms with van der Waals surface area (Å²) in [7, 11) is 0. The molecule has 104 valence electrons. The van der Waals surface area contributed by atoms with E-state index >= 15 is 0 Å². The molecule has 3 rings (SSSR count). The van der Waals surface area contributed by atoms with Crippen molar-refractivity contribution in [2.75, 3.05) is 6.54 Å². The summed E-state index contributed by atoms with van der Waals surface area (Å²) < 4.78 is 0. The molecule has 0 fully saturated rings. The molecule has 0 aromatic heterocycles. The third-order valence-electron chi connectivity index (χ3n) is 3.55. The first kappa shape index (κ1) is 13.6. The Hall–Kier alpha value is -2.38. The fourth-order valence-electron chi connectivity index (χ4n) is 2.48. The zero-order valence-corrected chi connectivity index (χ0v) is 12.0. The van der Waals surface area contributed by atoms with Crippen LogP contribution in [0.5, 0.6) is 0 Å². The van der Waals surface area contributed by atoms with E-state index in [2.05, 4.69) is 84.2 Å². The third-order valence-corrected chi connectivity index (χ3v) is 3.55. The van der Waals surface area contributed by atoms with Gasteiger partial charge in [0.25, 0.3) is 0 Å². The Morgan fingerprint density at radius 3 is 2.43 bits per heavy atom. The molecule has 3 aromatic carbocycles. The van der Waals surface area contributed by atoms with E-state index in [4.69, 9.17) is 0 Å². The van der Waals surface area contributed by atoms with Crippen molar-refractivity contribution in [2.45, 2.75) is 6.54 Å². The van der Waals surface area contributed by atoms with Crippen molar-refractivity contribution in [3.8, 4) is 0 Å². The molecule has 1 nitrogen and oxygen atoms in total. The maximum Gasteiger partial charge on any atom is 0.0208 e. The molecule has 0 bridgehead atoms. The zero-order chi connectivity index (χ0) is 14.3. The molecular formula is C20H19N. The van der Waals surface area contributed by atoms with E-state index in [0.29, 0.717) is 0 Å². The van der Waals surface area contributed by atoms with Crippen LogP contribution in [0.3, 0.4) is 0 Å². The second-order valence-electron chi connectivity index (χ2n) is 5.09. The van der Waals surface area contributed by atoms with E-state index in [0.717, 1.165) is 13.1 Å². The van der Waals surface area contributed by atoms with Gasteiger partial charge in [0.2, 0.25) is 0 Å². The highest BCUT2D eigenvalue weighted by Gasteiger charge is 1.95. The topological polar surface area (TPSA) is 12.0 Å². The number of nitrogens with one attached hydrogen (secondary N) is 1. The van der Waals surface area contributed by atoms with E-state index in [1.54, 1.807) is 0 Å². The molecular weight excluding hydrogens is 254 g/mol. The van der Waals surface area contributed by atoms with E-state index in [1.807, 2.05) is 6.07 Å². The van der Waals surface area contributed by atoms with Gasteiger partial charge in [-0.2, -0.15) is 0 Å². The van der Waals surface area contributed by atoms with Crippen LogP contribution in [0.15, 0.2) is 78.9 Å². The van der Waals surface area contributed by atoms with Crippen LogP contribution in [-0.4, -0.2) is 6.54 Å². The van der Waals surface area contributed by atoms with Crippen LogP contribution in [0.25, 0.3) is 16.8 Å². The highest BCUT2D eigenvalue weighted by Crippen LogP contribution is 2.19. The Labute approximate surface area is 125 Å². The molecule has 0 saturated carbocycles. The van der Waals surface area contributed by atoms with Gasteiger partial charge in [-0.05, 0) is 21.9 Å². The number of fused-ring (bicyclic) bond motifs is 1. The first-order valence-corrected chi connectivity index (χ1v) is 7.32. The Kier molecular flexibility index (Phi) is 4.45. The minimum Gasteiger partial charge on any atom is -0.309 e. The first-order chi connectivity index (χ1) is 10.4. The van der Waals surface area contributed by atoms with Crippen LogP contribution in [0.2, 0.25) is 0 Å². The summed E-state index contributed by atoms with van der Waals surface area (Å²) in [5.41, 5.74) is 2.59. The zero-order valence-electron chi connectivity index (χ0n) is 12.0. The Morgan fingerprint density at radius 2 is 1.52 bits per heavy atom. The van der Waals surface area contributed by atoms with Crippen LogP contribution in [0.4, 0.5) is 0 Å². The van der Waals surface area contributed by atoms with Crippen LogP contribution in [0, 0.1) is 0 Å². The average Bonchev–Trinajstić information content (AvgIpc) is 2.56. The van der Waals surface area contributed by atoms with Gasteiger partial charge >= 0.3 is 0 Å². The molecule has 0 aliphatic carbocycles. The molecule has 0 atom stereocenters. The van der Waals surface area contributed by atoms with Gasteiger partial charge in [0, 0.05) is 13.1 Å². The van der Waals surface area contributed by atoms with Crippen LogP contribution in [0.1, 0.15) is 11.1 Å². The number of rotatable bonds is 5. The number of hydrogen-bond acceptors (Lipinski definition) is 1. The van der Waals surface area contributed by atoms with Gasteiger partial charge in [-0.25, -0.2) is 0 Å². The van der Waals surface area contributed by atoms with Gasteiger partial charge in [-0.15, -0.1) is 0 Å². The number of benzene rings is 3. The predicted molar refractivity (Wildman–Crippen MR) is 91.1 cm³/mol. The van der Waals surface area contributed by atoms with Crippen molar-refractivity contribution >= 4 is 16.8 Å². The van der Waals surface area contributed by atoms with Crippen molar-refractivity contribution in [3.63, 3.8) is 0 Å². The van der Waals surface area contributed by atoms with E-state index in [-0.39, 0.29) is 0 Å². The summed E-state index contributed by atoms with van der Waals surface area (Å²) in [4.78, 5) is 0. The monoisotopic (exact) mass is 273 g/mol. The van der Waals surface area contributed by atoms with Crippen molar-refractivity contribution in [3.05, 3.63) is 90.0 Å². The summed E-state index contributed by atoms with van der Waals surface area (Å²) >= 11 is 0. The fraction of sp³-hybridized carbons (Fsp3) is 0.100. The smallest absolute Gasteiger partial charge is 0.0208 e. The molecule has 0 amide bonds. The highest BCUT2D eigenvalue weighted by molar-refractivity contribution is 5.90. The molecule has 0 unspecified atom stereocenters. The third kappa shape index (κ3) is 3.59. The van der Waals surface area contributed by atoms with Crippen LogP contribution < -0.4 is 5.32 Å². The molecule has 1 N–H and O–H groups in total. The quantitative estimate of drug-likeness (QED) is 0.668. The van der Waals surface area contributed by atoms with Crippen molar-refractivity contribution in [2.24, 2.45) is 0 Å². The van der Waals surface area contributed by atoms with E-state index < -0.39 is 0 Å². The normalized spacial score (nSPS) is 11.2. The first-order valence-electron chi connectivity index (χ1n) is 7.32. The minimum atomic E-state index is 0.873. The van der Waals surface area contributed by atoms with Gasteiger partial charge in [0.05, 0.1) is 0 Å². The van der Waals surface area contributed by atoms with Gasteiger partial charge in [-0.1, -0.05) is 84.9 Å². The number of hydrogen-bond donors (Lipinski definition) is 1. The molecule has 1 heteroatoms. The largest absolute Gasteiger partial charge is 0.309 e. The predicted octanol–water partition coefficient (Wildman–Crippen LogP) is 4.64. The average molecular weight is 273 g/mol. The fourth-order valence-corrected chi connectivity index (χ4v) is 2.48. The molecule has 0 aliphatic heterocycles. The van der Waals surface area contributed by atoms with Gasteiger partial charge in [0.15, 0.2) is 0 Å². The minimum absolute atomic E-state index is 0.873. The molecule has 0 spiro atoms. The summed E-state index contributed by atoms with van der Waals surface area (Å²) in [5.74, 6) is 0. The maximum absolute atomic E-state index is 3.43. The van der Waals surface area contributed by atoms with Crippen molar-refractivity contribution in [1.82, 2.24) is 5.32 Å².